The molecular formula is C24H37N5O5. The van der Waals surface area contributed by atoms with Crippen LogP contribution in [0.15, 0.2) is 30.3 Å². The molecule has 10 nitrogen and oxygen atoms in total. The number of likely N-dealkylation sites (N-methyl/N-ethyl adjacent to an activating group) is 1. The molecule has 5 amide bonds. The van der Waals surface area contributed by atoms with Gasteiger partial charge in [0.15, 0.2) is 0 Å². The molecule has 10 heteroatoms. The third-order valence-electron chi connectivity index (χ3n) is 5.50. The van der Waals surface area contributed by atoms with Crippen LogP contribution >= 0.6 is 0 Å². The summed E-state index contributed by atoms with van der Waals surface area (Å²) in [5, 5.41) is 12.6. The predicted octanol–water partition coefficient (Wildman–Crippen LogP) is -0.121. The lowest BCUT2D eigenvalue weighted by molar-refractivity contribution is -0.133. The minimum absolute atomic E-state index is 0.192. The molecule has 3 unspecified atom stereocenters. The molecule has 0 saturated carbocycles. The molecule has 0 fully saturated rings. The van der Waals surface area contributed by atoms with Crippen molar-refractivity contribution in [3.8, 4) is 0 Å². The lowest BCUT2D eigenvalue weighted by atomic mass is 9.81. The molecule has 0 saturated heterocycles. The number of benzene rings is 1. The van der Waals surface area contributed by atoms with Crippen LogP contribution in [0.3, 0.4) is 0 Å². The SMILES string of the molecule is CNC(=O)CNC(=O)C(C)NC(=O)C(Cc1ccccc1)NC(=O)CNC(=O)C(C)C(C)(C)C. The van der Waals surface area contributed by atoms with E-state index >= 15 is 0 Å². The van der Waals surface area contributed by atoms with Crippen molar-refractivity contribution in [3.05, 3.63) is 35.9 Å². The van der Waals surface area contributed by atoms with Crippen molar-refractivity contribution < 1.29 is 24.0 Å². The normalized spacial score (nSPS) is 13.6. The first-order valence-electron chi connectivity index (χ1n) is 11.2. The Morgan fingerprint density at radius 2 is 1.35 bits per heavy atom. The van der Waals surface area contributed by atoms with Gasteiger partial charge in [0.05, 0.1) is 13.1 Å². The molecular weight excluding hydrogens is 438 g/mol. The van der Waals surface area contributed by atoms with Gasteiger partial charge in [-0.15, -0.1) is 0 Å². The molecule has 0 bridgehead atoms. The number of carbonyl (C=O) groups is 5. The fourth-order valence-electron chi connectivity index (χ4n) is 2.81. The molecule has 3 atom stereocenters. The van der Waals surface area contributed by atoms with Crippen molar-refractivity contribution in [3.63, 3.8) is 0 Å². The van der Waals surface area contributed by atoms with Gasteiger partial charge in [-0.2, -0.15) is 0 Å². The highest BCUT2D eigenvalue weighted by Crippen LogP contribution is 2.25. The maximum atomic E-state index is 12.9. The summed E-state index contributed by atoms with van der Waals surface area (Å²) in [6, 6.07) is 7.20. The predicted molar refractivity (Wildman–Crippen MR) is 128 cm³/mol. The van der Waals surface area contributed by atoms with Crippen LogP contribution in [0.2, 0.25) is 0 Å². The Morgan fingerprint density at radius 1 is 0.794 bits per heavy atom. The van der Waals surface area contributed by atoms with Crippen molar-refractivity contribution in [1.82, 2.24) is 26.6 Å². The highest BCUT2D eigenvalue weighted by Gasteiger charge is 2.28. The minimum Gasteiger partial charge on any atom is -0.358 e. The average Bonchev–Trinajstić information content (AvgIpc) is 2.79. The maximum Gasteiger partial charge on any atom is 0.243 e. The number of hydrogen-bond acceptors (Lipinski definition) is 5. The summed E-state index contributed by atoms with van der Waals surface area (Å²) in [6.07, 6.45) is 0.192. The zero-order valence-corrected chi connectivity index (χ0v) is 20.8. The lowest BCUT2D eigenvalue weighted by Gasteiger charge is -2.26. The molecule has 0 aliphatic heterocycles. The van der Waals surface area contributed by atoms with Gasteiger partial charge < -0.3 is 26.6 Å². The zero-order chi connectivity index (χ0) is 25.9. The molecule has 1 aromatic rings. The fraction of sp³-hybridized carbons (Fsp3) is 0.542. The molecule has 0 spiro atoms. The fourth-order valence-corrected chi connectivity index (χ4v) is 2.81. The van der Waals surface area contributed by atoms with E-state index in [0.717, 1.165) is 5.56 Å². The van der Waals surface area contributed by atoms with Crippen LogP contribution in [0, 0.1) is 11.3 Å². The van der Waals surface area contributed by atoms with Crippen LogP contribution in [0.5, 0.6) is 0 Å². The van der Waals surface area contributed by atoms with E-state index in [4.69, 9.17) is 0 Å². The molecule has 34 heavy (non-hydrogen) atoms. The van der Waals surface area contributed by atoms with Crippen LogP contribution in [-0.4, -0.2) is 61.8 Å². The second kappa shape index (κ2) is 13.3. The van der Waals surface area contributed by atoms with Gasteiger partial charge in [-0.25, -0.2) is 0 Å². The highest BCUT2D eigenvalue weighted by molar-refractivity contribution is 5.94. The molecule has 0 aliphatic carbocycles. The average molecular weight is 476 g/mol. The van der Waals surface area contributed by atoms with E-state index in [9.17, 15) is 24.0 Å². The zero-order valence-electron chi connectivity index (χ0n) is 20.8. The molecule has 188 valence electrons. The Hall–Kier alpha value is -3.43. The van der Waals surface area contributed by atoms with E-state index in [2.05, 4.69) is 26.6 Å². The van der Waals surface area contributed by atoms with E-state index in [0.29, 0.717) is 0 Å². The first-order valence-corrected chi connectivity index (χ1v) is 11.2. The van der Waals surface area contributed by atoms with E-state index < -0.39 is 29.8 Å². The number of amides is 5. The Labute approximate surface area is 201 Å². The monoisotopic (exact) mass is 475 g/mol. The van der Waals surface area contributed by atoms with Crippen molar-refractivity contribution in [1.29, 1.82) is 0 Å². The smallest absolute Gasteiger partial charge is 0.243 e. The van der Waals surface area contributed by atoms with Crippen molar-refractivity contribution >= 4 is 29.5 Å². The van der Waals surface area contributed by atoms with Gasteiger partial charge in [-0.1, -0.05) is 58.0 Å². The first-order chi connectivity index (χ1) is 15.8. The summed E-state index contributed by atoms with van der Waals surface area (Å²) in [4.78, 5) is 61.2. The molecule has 0 aromatic heterocycles. The first kappa shape index (κ1) is 28.6. The van der Waals surface area contributed by atoms with Crippen molar-refractivity contribution in [2.24, 2.45) is 11.3 Å². The van der Waals surface area contributed by atoms with Crippen molar-refractivity contribution in [2.75, 3.05) is 20.1 Å². The second-order valence-corrected chi connectivity index (χ2v) is 9.24. The molecule has 5 N–H and O–H groups in total. The largest absolute Gasteiger partial charge is 0.358 e. The summed E-state index contributed by atoms with van der Waals surface area (Å²) in [5.74, 6) is -2.56. The van der Waals surface area contributed by atoms with Crippen LogP contribution < -0.4 is 26.6 Å². The highest BCUT2D eigenvalue weighted by atomic mass is 16.2. The summed E-state index contributed by atoms with van der Waals surface area (Å²) >= 11 is 0. The van der Waals surface area contributed by atoms with Crippen LogP contribution in [0.25, 0.3) is 0 Å². The van der Waals surface area contributed by atoms with E-state index in [1.54, 1.807) is 6.92 Å². The third kappa shape index (κ3) is 10.0. The van der Waals surface area contributed by atoms with Gasteiger partial charge in [-0.3, -0.25) is 24.0 Å². The molecule has 1 aromatic carbocycles. The second-order valence-electron chi connectivity index (χ2n) is 9.24. The molecule has 0 heterocycles. The van der Waals surface area contributed by atoms with E-state index in [1.807, 2.05) is 51.1 Å². The lowest BCUT2D eigenvalue weighted by Crippen LogP contribution is -2.55. The van der Waals surface area contributed by atoms with Crippen molar-refractivity contribution in [2.45, 2.75) is 53.1 Å². The van der Waals surface area contributed by atoms with E-state index in [-0.39, 0.29) is 42.7 Å². The number of rotatable bonds is 11. The van der Waals surface area contributed by atoms with E-state index in [1.165, 1.54) is 14.0 Å². The van der Waals surface area contributed by atoms with Gasteiger partial charge in [-0.05, 0) is 17.9 Å². The summed E-state index contributed by atoms with van der Waals surface area (Å²) < 4.78 is 0. The summed E-state index contributed by atoms with van der Waals surface area (Å²) in [7, 11) is 1.45. The Bertz CT molecular complexity index is 866. The number of nitrogens with one attached hydrogen (secondary N) is 5. The quantitative estimate of drug-likeness (QED) is 0.303. The maximum absolute atomic E-state index is 12.9. The Balaban J connectivity index is 2.79. The molecule has 0 radical (unpaired) electrons. The molecule has 0 aliphatic rings. The molecule has 1 rings (SSSR count). The van der Waals surface area contributed by atoms with Gasteiger partial charge in [0.2, 0.25) is 29.5 Å². The van der Waals surface area contributed by atoms with Crippen LogP contribution in [0.4, 0.5) is 0 Å². The number of carbonyl (C=O) groups excluding carboxylic acids is 5. The van der Waals surface area contributed by atoms with Gasteiger partial charge in [0.1, 0.15) is 12.1 Å². The number of hydrogen-bond donors (Lipinski definition) is 5. The van der Waals surface area contributed by atoms with Crippen LogP contribution in [-0.2, 0) is 30.4 Å². The van der Waals surface area contributed by atoms with Gasteiger partial charge >= 0.3 is 0 Å². The summed E-state index contributed by atoms with van der Waals surface area (Å²) in [6.45, 7) is 8.57. The Kier molecular flexibility index (Phi) is 11.2. The minimum atomic E-state index is -0.971. The van der Waals surface area contributed by atoms with Crippen LogP contribution in [0.1, 0.15) is 40.2 Å². The standard InChI is InChI=1S/C24H37N5O5/c1-15(24(3,4)5)21(32)26-14-20(31)29-18(12-17-10-8-7-9-11-17)23(34)28-16(2)22(33)27-13-19(30)25-6/h7-11,15-16,18H,12-14H2,1-6H3,(H,25,30)(H,26,32)(H,27,33)(H,28,34)(H,29,31). The Morgan fingerprint density at radius 3 is 1.91 bits per heavy atom. The topological polar surface area (TPSA) is 146 Å². The van der Waals surface area contributed by atoms with Gasteiger partial charge in [0.25, 0.3) is 0 Å². The third-order valence-corrected chi connectivity index (χ3v) is 5.50. The van der Waals surface area contributed by atoms with Gasteiger partial charge in [0, 0.05) is 19.4 Å². The summed E-state index contributed by atoms with van der Waals surface area (Å²) in [5.41, 5.74) is 0.551.